The minimum absolute atomic E-state index is 0.0498. The molecule has 0 spiro atoms. The second kappa shape index (κ2) is 8.70. The van der Waals surface area contributed by atoms with Crippen molar-refractivity contribution in [1.82, 2.24) is 10.1 Å². The van der Waals surface area contributed by atoms with Crippen LogP contribution in [0.1, 0.15) is 13.8 Å². The number of aromatic hydroxyl groups is 1. The van der Waals surface area contributed by atoms with Gasteiger partial charge in [0.15, 0.2) is 11.6 Å². The number of halogens is 1. The van der Waals surface area contributed by atoms with Gasteiger partial charge in [0.2, 0.25) is 11.8 Å². The summed E-state index contributed by atoms with van der Waals surface area (Å²) in [5.41, 5.74) is 1.37. The number of amides is 2. The van der Waals surface area contributed by atoms with Crippen molar-refractivity contribution < 1.29 is 23.6 Å². The molecule has 1 aliphatic rings. The van der Waals surface area contributed by atoms with Crippen LogP contribution >= 0.6 is 0 Å². The number of phenols is 1. The Balaban J connectivity index is 1.58. The van der Waals surface area contributed by atoms with Crippen LogP contribution in [0.15, 0.2) is 47.0 Å². The molecule has 32 heavy (non-hydrogen) atoms. The number of aromatic nitrogens is 1. The van der Waals surface area contributed by atoms with E-state index in [0.29, 0.717) is 54.4 Å². The van der Waals surface area contributed by atoms with E-state index in [9.17, 15) is 19.1 Å². The third-order valence-corrected chi connectivity index (χ3v) is 5.44. The Kier molecular flexibility index (Phi) is 5.81. The van der Waals surface area contributed by atoms with Gasteiger partial charge in [-0.25, -0.2) is 4.39 Å². The molecular weight excluding hydrogens is 415 g/mol. The van der Waals surface area contributed by atoms with Crippen LogP contribution < -0.4 is 10.2 Å². The lowest BCUT2D eigenvalue weighted by Gasteiger charge is -2.33. The lowest BCUT2D eigenvalue weighted by atomic mass is 9.99. The molecule has 9 heteroatoms. The van der Waals surface area contributed by atoms with Crippen molar-refractivity contribution in [3.63, 3.8) is 0 Å². The van der Waals surface area contributed by atoms with Crippen LogP contribution in [0.2, 0.25) is 0 Å². The van der Waals surface area contributed by atoms with Crippen LogP contribution in [0.4, 0.5) is 15.9 Å². The van der Waals surface area contributed by atoms with Gasteiger partial charge in [0.05, 0.1) is 11.3 Å². The highest BCUT2D eigenvalue weighted by atomic mass is 19.1. The van der Waals surface area contributed by atoms with E-state index in [2.05, 4.69) is 10.5 Å². The molecule has 4 rings (SSSR count). The lowest BCUT2D eigenvalue weighted by Crippen LogP contribution is -2.48. The van der Waals surface area contributed by atoms with Crippen molar-refractivity contribution in [3.05, 3.63) is 48.3 Å². The van der Waals surface area contributed by atoms with E-state index in [0.717, 1.165) is 0 Å². The van der Waals surface area contributed by atoms with Gasteiger partial charge < -0.3 is 24.7 Å². The minimum atomic E-state index is -0.603. The van der Waals surface area contributed by atoms with Gasteiger partial charge in [-0.3, -0.25) is 9.59 Å². The average Bonchev–Trinajstić information content (AvgIpc) is 3.25. The predicted octanol–water partition coefficient (Wildman–Crippen LogP) is 3.48. The lowest BCUT2D eigenvalue weighted by molar-refractivity contribution is -0.129. The van der Waals surface area contributed by atoms with Crippen molar-refractivity contribution in [3.8, 4) is 28.2 Å². The molecule has 1 saturated heterocycles. The number of nitrogens with one attached hydrogen (secondary N) is 1. The first-order valence-corrected chi connectivity index (χ1v) is 10.2. The maximum absolute atomic E-state index is 14.4. The van der Waals surface area contributed by atoms with Crippen molar-refractivity contribution in [2.45, 2.75) is 13.8 Å². The van der Waals surface area contributed by atoms with E-state index < -0.39 is 5.82 Å². The Morgan fingerprint density at radius 2 is 1.78 bits per heavy atom. The van der Waals surface area contributed by atoms with Crippen LogP contribution in [-0.2, 0) is 9.59 Å². The zero-order valence-corrected chi connectivity index (χ0v) is 17.8. The van der Waals surface area contributed by atoms with Crippen LogP contribution in [0.25, 0.3) is 22.5 Å². The number of piperazine rings is 1. The fourth-order valence-corrected chi connectivity index (χ4v) is 3.74. The third-order valence-electron chi connectivity index (χ3n) is 5.44. The number of rotatable bonds is 4. The Bertz CT molecular complexity index is 1170. The van der Waals surface area contributed by atoms with E-state index >= 15 is 0 Å². The monoisotopic (exact) mass is 438 g/mol. The SMILES string of the molecule is CC(=O)Nc1ccc(-c2cccc(-c3cc(N4CCN(C(C)=O)CC4)no3)c2O)cc1F. The first-order chi connectivity index (χ1) is 15.3. The fraction of sp³-hybridized carbons (Fsp3) is 0.261. The van der Waals surface area contributed by atoms with Crippen molar-refractivity contribution >= 4 is 23.3 Å². The molecular formula is C23H23FN4O4. The number of carbonyl (C=O) groups excluding carboxylic acids is 2. The third kappa shape index (κ3) is 4.27. The topological polar surface area (TPSA) is 98.9 Å². The van der Waals surface area contributed by atoms with Gasteiger partial charge in [0.25, 0.3) is 0 Å². The molecule has 8 nitrogen and oxygen atoms in total. The van der Waals surface area contributed by atoms with Gasteiger partial charge in [-0.15, -0.1) is 0 Å². The molecule has 2 aromatic carbocycles. The number of phenolic OH excluding ortho intramolecular Hbond substituents is 1. The smallest absolute Gasteiger partial charge is 0.221 e. The van der Waals surface area contributed by atoms with Crippen molar-refractivity contribution in [1.29, 1.82) is 0 Å². The first-order valence-electron chi connectivity index (χ1n) is 10.2. The second-order valence-electron chi connectivity index (χ2n) is 7.62. The van der Waals surface area contributed by atoms with Gasteiger partial charge in [0, 0.05) is 51.7 Å². The minimum Gasteiger partial charge on any atom is -0.507 e. The van der Waals surface area contributed by atoms with E-state index in [4.69, 9.17) is 4.52 Å². The average molecular weight is 438 g/mol. The van der Waals surface area contributed by atoms with Crippen LogP contribution in [-0.4, -0.2) is 53.2 Å². The largest absolute Gasteiger partial charge is 0.507 e. The normalized spacial score (nSPS) is 13.8. The van der Waals surface area contributed by atoms with Gasteiger partial charge in [-0.1, -0.05) is 23.4 Å². The number of nitrogens with zero attached hydrogens (tertiary/aromatic N) is 3. The zero-order valence-electron chi connectivity index (χ0n) is 17.8. The maximum Gasteiger partial charge on any atom is 0.221 e. The summed E-state index contributed by atoms with van der Waals surface area (Å²) in [6, 6.07) is 11.2. The van der Waals surface area contributed by atoms with Gasteiger partial charge >= 0.3 is 0 Å². The van der Waals surface area contributed by atoms with Gasteiger partial charge in [-0.2, -0.15) is 0 Å². The van der Waals surface area contributed by atoms with Gasteiger partial charge in [0.1, 0.15) is 11.6 Å². The zero-order chi connectivity index (χ0) is 22.8. The summed E-state index contributed by atoms with van der Waals surface area (Å²) in [5, 5.41) is 17.4. The molecule has 1 aliphatic heterocycles. The Morgan fingerprint density at radius 3 is 2.44 bits per heavy atom. The van der Waals surface area contributed by atoms with E-state index in [1.807, 2.05) is 4.90 Å². The summed E-state index contributed by atoms with van der Waals surface area (Å²) in [4.78, 5) is 26.5. The number of benzene rings is 2. The summed E-state index contributed by atoms with van der Waals surface area (Å²) in [6.45, 7) is 5.35. The molecule has 2 amide bonds. The summed E-state index contributed by atoms with van der Waals surface area (Å²) in [5.74, 6) is 0.0129. The Hall–Kier alpha value is -3.88. The standard InChI is InChI=1S/C23H23FN4O4/c1-14(29)25-20-7-6-16(12-19(20)24)17-4-3-5-18(23(17)31)21-13-22(26-32-21)28-10-8-27(9-11-28)15(2)30/h3-7,12-13,31H,8-11H2,1-2H3,(H,25,29). The summed E-state index contributed by atoms with van der Waals surface area (Å²) >= 11 is 0. The first kappa shape index (κ1) is 21.4. The number of carbonyl (C=O) groups is 2. The maximum atomic E-state index is 14.4. The highest BCUT2D eigenvalue weighted by Crippen LogP contribution is 2.39. The van der Waals surface area contributed by atoms with Crippen LogP contribution in [0.5, 0.6) is 5.75 Å². The number of anilines is 2. The number of para-hydroxylation sites is 1. The van der Waals surface area contributed by atoms with E-state index in [1.54, 1.807) is 42.2 Å². The summed E-state index contributed by atoms with van der Waals surface area (Å²) < 4.78 is 19.9. The molecule has 2 heterocycles. The molecule has 0 aliphatic carbocycles. The molecule has 0 radical (unpaired) electrons. The van der Waals surface area contributed by atoms with Crippen LogP contribution in [0, 0.1) is 5.82 Å². The Morgan fingerprint density at radius 1 is 1.06 bits per heavy atom. The van der Waals surface area contributed by atoms with Gasteiger partial charge in [-0.05, 0) is 23.8 Å². The molecule has 0 atom stereocenters. The Labute approximate surface area is 184 Å². The molecule has 3 aromatic rings. The molecule has 166 valence electrons. The highest BCUT2D eigenvalue weighted by molar-refractivity contribution is 5.89. The molecule has 2 N–H and O–H groups in total. The molecule has 1 fully saturated rings. The second-order valence-corrected chi connectivity index (χ2v) is 7.62. The number of hydrogen-bond donors (Lipinski definition) is 2. The quantitative estimate of drug-likeness (QED) is 0.647. The molecule has 1 aromatic heterocycles. The highest BCUT2D eigenvalue weighted by Gasteiger charge is 2.22. The summed E-state index contributed by atoms with van der Waals surface area (Å²) in [6.07, 6.45) is 0. The van der Waals surface area contributed by atoms with E-state index in [-0.39, 0.29) is 23.3 Å². The van der Waals surface area contributed by atoms with Crippen molar-refractivity contribution in [2.75, 3.05) is 36.4 Å². The van der Waals surface area contributed by atoms with Crippen molar-refractivity contribution in [2.24, 2.45) is 0 Å². The molecule has 0 saturated carbocycles. The van der Waals surface area contributed by atoms with E-state index in [1.165, 1.54) is 19.1 Å². The summed E-state index contributed by atoms with van der Waals surface area (Å²) in [7, 11) is 0. The molecule has 0 bridgehead atoms. The number of hydrogen-bond acceptors (Lipinski definition) is 6. The fourth-order valence-electron chi connectivity index (χ4n) is 3.74. The van der Waals surface area contributed by atoms with Crippen LogP contribution in [0.3, 0.4) is 0 Å². The predicted molar refractivity (Wildman–Crippen MR) is 118 cm³/mol. The molecule has 0 unspecified atom stereocenters.